The molecule has 4 nitrogen and oxygen atoms in total. The zero-order chi connectivity index (χ0) is 13.2. The van der Waals surface area contributed by atoms with Gasteiger partial charge in [-0.15, -0.1) is 13.2 Å². The van der Waals surface area contributed by atoms with Gasteiger partial charge in [-0.05, 0) is 18.6 Å². The van der Waals surface area contributed by atoms with Crippen molar-refractivity contribution in [3.05, 3.63) is 29.3 Å². The summed E-state index contributed by atoms with van der Waals surface area (Å²) in [6.45, 7) is 1.51. The topological polar surface area (TPSA) is 66.8 Å². The number of hydrogen-bond donors (Lipinski definition) is 2. The van der Waals surface area contributed by atoms with Crippen molar-refractivity contribution >= 4 is 5.97 Å². The summed E-state index contributed by atoms with van der Waals surface area (Å²) in [6.07, 6.45) is -7.01. The Bertz CT molecular complexity index is 428. The highest BCUT2D eigenvalue weighted by molar-refractivity contribution is 5.75. The van der Waals surface area contributed by atoms with Crippen molar-refractivity contribution < 1.29 is 32.9 Å². The number of hydrogen-bond acceptors (Lipinski definition) is 3. The van der Waals surface area contributed by atoms with Crippen LogP contribution in [0.2, 0.25) is 0 Å². The minimum absolute atomic E-state index is 0.444. The third-order valence-corrected chi connectivity index (χ3v) is 1.92. The number of carbonyl (C=O) groups is 1. The van der Waals surface area contributed by atoms with E-state index in [1.807, 2.05) is 0 Å². The van der Waals surface area contributed by atoms with Crippen LogP contribution in [-0.4, -0.2) is 22.5 Å². The summed E-state index contributed by atoms with van der Waals surface area (Å²) >= 11 is 0. The summed E-state index contributed by atoms with van der Waals surface area (Å²) in [6, 6.07) is 3.47. The Morgan fingerprint density at radius 2 is 2.00 bits per heavy atom. The lowest BCUT2D eigenvalue weighted by Gasteiger charge is -2.15. The van der Waals surface area contributed by atoms with Gasteiger partial charge < -0.3 is 14.9 Å². The molecular weight excluding hydrogens is 241 g/mol. The number of carboxylic acid groups (broad SMARTS) is 1. The standard InChI is InChI=1S/C10H9F3O4/c1-5-2-3-6(8(14)9(15)16)7(4-5)17-10(11,12)13/h2-4,8,14H,1H3,(H,15,16). The molecule has 1 rings (SSSR count). The summed E-state index contributed by atoms with van der Waals surface area (Å²) in [5, 5.41) is 17.8. The van der Waals surface area contributed by atoms with E-state index in [0.717, 1.165) is 12.1 Å². The van der Waals surface area contributed by atoms with Crippen molar-refractivity contribution in [3.63, 3.8) is 0 Å². The first kappa shape index (κ1) is 13.3. The molecule has 0 aliphatic carbocycles. The molecule has 0 radical (unpaired) electrons. The minimum atomic E-state index is -4.94. The zero-order valence-electron chi connectivity index (χ0n) is 8.65. The third kappa shape index (κ3) is 3.63. The Morgan fingerprint density at radius 1 is 1.41 bits per heavy atom. The number of rotatable bonds is 3. The van der Waals surface area contributed by atoms with E-state index >= 15 is 0 Å². The van der Waals surface area contributed by atoms with Gasteiger partial charge in [0.05, 0.1) is 0 Å². The van der Waals surface area contributed by atoms with Crippen LogP contribution in [0.25, 0.3) is 0 Å². The minimum Gasteiger partial charge on any atom is -0.479 e. The van der Waals surface area contributed by atoms with E-state index in [1.165, 1.54) is 13.0 Å². The smallest absolute Gasteiger partial charge is 0.479 e. The highest BCUT2D eigenvalue weighted by Crippen LogP contribution is 2.31. The predicted molar refractivity (Wildman–Crippen MR) is 50.5 cm³/mol. The molecule has 7 heteroatoms. The molecule has 0 aliphatic rings. The number of halogens is 3. The molecule has 0 aromatic heterocycles. The maximum Gasteiger partial charge on any atom is 0.573 e. The molecule has 1 unspecified atom stereocenters. The normalized spacial score (nSPS) is 13.2. The number of alkyl halides is 3. The summed E-state index contributed by atoms with van der Waals surface area (Å²) < 4.78 is 39.9. The average Bonchev–Trinajstić information content (AvgIpc) is 2.14. The fourth-order valence-corrected chi connectivity index (χ4v) is 1.21. The summed E-state index contributed by atoms with van der Waals surface area (Å²) in [4.78, 5) is 10.5. The number of aryl methyl sites for hydroxylation is 1. The van der Waals surface area contributed by atoms with Crippen LogP contribution in [0.4, 0.5) is 13.2 Å². The predicted octanol–water partition coefficient (Wildman–Crippen LogP) is 2.01. The van der Waals surface area contributed by atoms with E-state index in [-0.39, 0.29) is 0 Å². The fraction of sp³-hybridized carbons (Fsp3) is 0.300. The number of ether oxygens (including phenoxy) is 1. The van der Waals surface area contributed by atoms with Gasteiger partial charge in [0.15, 0.2) is 6.10 Å². The van der Waals surface area contributed by atoms with Crippen LogP contribution in [0.3, 0.4) is 0 Å². The second-order valence-corrected chi connectivity index (χ2v) is 3.33. The summed E-state index contributed by atoms with van der Waals surface area (Å²) in [5.74, 6) is -2.37. The van der Waals surface area contributed by atoms with Gasteiger partial charge in [-0.25, -0.2) is 4.79 Å². The highest BCUT2D eigenvalue weighted by atomic mass is 19.4. The van der Waals surface area contributed by atoms with Crippen LogP contribution >= 0.6 is 0 Å². The first-order valence-corrected chi connectivity index (χ1v) is 4.48. The van der Waals surface area contributed by atoms with Crippen molar-refractivity contribution in [3.8, 4) is 5.75 Å². The monoisotopic (exact) mass is 250 g/mol. The van der Waals surface area contributed by atoms with Crippen molar-refractivity contribution in [1.82, 2.24) is 0 Å². The Balaban J connectivity index is 3.17. The van der Waals surface area contributed by atoms with E-state index in [2.05, 4.69) is 4.74 Å². The largest absolute Gasteiger partial charge is 0.573 e. The van der Waals surface area contributed by atoms with E-state index < -0.39 is 29.7 Å². The molecule has 1 aromatic carbocycles. The van der Waals surface area contributed by atoms with Gasteiger partial charge in [-0.3, -0.25) is 0 Å². The first-order valence-electron chi connectivity index (χ1n) is 4.48. The Kier molecular flexibility index (Phi) is 3.62. The van der Waals surface area contributed by atoms with Crippen LogP contribution in [0, 0.1) is 6.92 Å². The molecule has 1 aromatic rings. The number of aliphatic hydroxyl groups is 1. The molecule has 94 valence electrons. The lowest BCUT2D eigenvalue weighted by atomic mass is 10.1. The second-order valence-electron chi connectivity index (χ2n) is 3.33. The molecular formula is C10H9F3O4. The van der Waals surface area contributed by atoms with Crippen LogP contribution in [-0.2, 0) is 4.79 Å². The molecule has 0 fully saturated rings. The van der Waals surface area contributed by atoms with Crippen molar-refractivity contribution in [2.24, 2.45) is 0 Å². The Labute approximate surface area is 94.3 Å². The van der Waals surface area contributed by atoms with Crippen LogP contribution in [0.15, 0.2) is 18.2 Å². The average molecular weight is 250 g/mol. The maximum atomic E-state index is 12.1. The van der Waals surface area contributed by atoms with Crippen molar-refractivity contribution in [2.45, 2.75) is 19.4 Å². The fourth-order valence-electron chi connectivity index (χ4n) is 1.21. The maximum absolute atomic E-state index is 12.1. The third-order valence-electron chi connectivity index (χ3n) is 1.92. The summed E-state index contributed by atoms with van der Waals surface area (Å²) in [5.41, 5.74) is 0.00557. The molecule has 0 bridgehead atoms. The van der Waals surface area contributed by atoms with Crippen LogP contribution < -0.4 is 4.74 Å². The first-order chi connectivity index (χ1) is 7.70. The van der Waals surface area contributed by atoms with E-state index in [0.29, 0.717) is 5.56 Å². The molecule has 17 heavy (non-hydrogen) atoms. The molecule has 1 atom stereocenters. The molecule has 0 aliphatic heterocycles. The lowest BCUT2D eigenvalue weighted by molar-refractivity contribution is -0.275. The van der Waals surface area contributed by atoms with Gasteiger partial charge in [0, 0.05) is 5.56 Å². The van der Waals surface area contributed by atoms with E-state index in [9.17, 15) is 23.1 Å². The number of carboxylic acids is 1. The van der Waals surface area contributed by atoms with Gasteiger partial charge in [0.1, 0.15) is 5.75 Å². The van der Waals surface area contributed by atoms with E-state index in [1.54, 1.807) is 0 Å². The van der Waals surface area contributed by atoms with Gasteiger partial charge >= 0.3 is 12.3 Å². The van der Waals surface area contributed by atoms with Gasteiger partial charge in [0.25, 0.3) is 0 Å². The van der Waals surface area contributed by atoms with Gasteiger partial charge in [-0.1, -0.05) is 12.1 Å². The Morgan fingerprint density at radius 3 is 2.47 bits per heavy atom. The number of benzene rings is 1. The number of aliphatic carboxylic acids is 1. The van der Waals surface area contributed by atoms with Crippen LogP contribution in [0.5, 0.6) is 5.75 Å². The molecule has 0 heterocycles. The molecule has 0 saturated heterocycles. The Hall–Kier alpha value is -1.76. The van der Waals surface area contributed by atoms with Gasteiger partial charge in [0.2, 0.25) is 0 Å². The molecule has 2 N–H and O–H groups in total. The SMILES string of the molecule is Cc1ccc(C(O)C(=O)O)c(OC(F)(F)F)c1. The van der Waals surface area contributed by atoms with E-state index in [4.69, 9.17) is 5.11 Å². The van der Waals surface area contributed by atoms with Crippen molar-refractivity contribution in [1.29, 1.82) is 0 Å². The number of aliphatic hydroxyl groups excluding tert-OH is 1. The zero-order valence-corrected chi connectivity index (χ0v) is 8.65. The molecule has 0 amide bonds. The quantitative estimate of drug-likeness (QED) is 0.861. The molecule has 0 spiro atoms. The lowest BCUT2D eigenvalue weighted by Crippen LogP contribution is -2.20. The van der Waals surface area contributed by atoms with Crippen LogP contribution in [0.1, 0.15) is 17.2 Å². The van der Waals surface area contributed by atoms with Crippen molar-refractivity contribution in [2.75, 3.05) is 0 Å². The summed E-state index contributed by atoms with van der Waals surface area (Å²) in [7, 11) is 0. The van der Waals surface area contributed by atoms with Gasteiger partial charge in [-0.2, -0.15) is 0 Å². The molecule has 0 saturated carbocycles. The second kappa shape index (κ2) is 4.62. The highest BCUT2D eigenvalue weighted by Gasteiger charge is 2.33.